The second-order valence-corrected chi connectivity index (χ2v) is 6.24. The third kappa shape index (κ3) is 3.03. The lowest BCUT2D eigenvalue weighted by atomic mass is 10.1. The van der Waals surface area contributed by atoms with Gasteiger partial charge in [0.1, 0.15) is 12.4 Å². The van der Waals surface area contributed by atoms with Crippen molar-refractivity contribution in [3.8, 4) is 0 Å². The van der Waals surface area contributed by atoms with Gasteiger partial charge >= 0.3 is 0 Å². The van der Waals surface area contributed by atoms with Crippen LogP contribution in [0.15, 0.2) is 47.2 Å². The minimum absolute atomic E-state index is 0.148. The smallest absolute Gasteiger partial charge is 0.219 e. The molecular weight excluding hydrogens is 319 g/mol. The lowest BCUT2D eigenvalue weighted by molar-refractivity contribution is 0.287. The molecule has 1 aromatic rings. The monoisotopic (exact) mass is 335 g/mol. The Labute approximate surface area is 137 Å². The van der Waals surface area contributed by atoms with E-state index < -0.39 is 17.5 Å². The van der Waals surface area contributed by atoms with Gasteiger partial charge < -0.3 is 15.0 Å². The van der Waals surface area contributed by atoms with Gasteiger partial charge in [-0.25, -0.2) is 13.2 Å². The minimum atomic E-state index is -1.50. The molecule has 0 bridgehead atoms. The first-order chi connectivity index (χ1) is 11.3. The van der Waals surface area contributed by atoms with Gasteiger partial charge in [-0.15, -0.1) is 0 Å². The molecule has 0 spiro atoms. The van der Waals surface area contributed by atoms with Crippen molar-refractivity contribution in [3.63, 3.8) is 0 Å². The average molecular weight is 335 g/mol. The van der Waals surface area contributed by atoms with Gasteiger partial charge in [0.05, 0.1) is 5.54 Å². The van der Waals surface area contributed by atoms with Crippen LogP contribution in [0.1, 0.15) is 19.4 Å². The number of ether oxygens (including phenoxy) is 1. The van der Waals surface area contributed by atoms with E-state index in [1.807, 2.05) is 18.7 Å². The highest BCUT2D eigenvalue weighted by atomic mass is 19.2. The van der Waals surface area contributed by atoms with Crippen molar-refractivity contribution in [1.29, 1.82) is 0 Å². The molecule has 0 saturated carbocycles. The molecule has 1 fully saturated rings. The summed E-state index contributed by atoms with van der Waals surface area (Å²) < 4.78 is 44.9. The first-order valence-corrected chi connectivity index (χ1v) is 7.31. The molecule has 0 amide bonds. The quantitative estimate of drug-likeness (QED) is 0.666. The second-order valence-electron chi connectivity index (χ2n) is 6.24. The molecule has 0 atom stereocenters. The van der Waals surface area contributed by atoms with Gasteiger partial charge in [0.2, 0.25) is 5.90 Å². The van der Waals surface area contributed by atoms with Crippen molar-refractivity contribution < 1.29 is 17.9 Å². The molecule has 0 aromatic heterocycles. The molecule has 0 unspecified atom stereocenters. The van der Waals surface area contributed by atoms with E-state index in [1.165, 1.54) is 0 Å². The summed E-state index contributed by atoms with van der Waals surface area (Å²) in [7, 11) is 0. The highest BCUT2D eigenvalue weighted by Crippen LogP contribution is 2.28. The SMILES string of the molecule is C=C=C1N=C(OCc2cc(F)c(F)c(F)c2)C=C2NC(C)(C)CN12. The van der Waals surface area contributed by atoms with E-state index in [4.69, 9.17) is 4.74 Å². The largest absolute Gasteiger partial charge is 0.473 e. The van der Waals surface area contributed by atoms with E-state index in [2.05, 4.69) is 22.6 Å². The molecule has 2 aliphatic rings. The number of fused-ring (bicyclic) bond motifs is 1. The van der Waals surface area contributed by atoms with Crippen LogP contribution in [0.3, 0.4) is 0 Å². The molecular formula is C17H16F3N3O. The molecule has 3 rings (SSSR count). The van der Waals surface area contributed by atoms with Gasteiger partial charge in [0.15, 0.2) is 23.3 Å². The maximum atomic E-state index is 13.2. The van der Waals surface area contributed by atoms with Gasteiger partial charge in [-0.2, -0.15) is 4.99 Å². The number of aliphatic imine (C=N–C) groups is 1. The number of nitrogens with zero attached hydrogens (tertiary/aromatic N) is 2. The third-order valence-corrected chi connectivity index (χ3v) is 3.63. The summed E-state index contributed by atoms with van der Waals surface area (Å²) in [5.74, 6) is -2.47. The molecule has 1 aromatic carbocycles. The molecule has 126 valence electrons. The fourth-order valence-electron chi connectivity index (χ4n) is 2.61. The summed E-state index contributed by atoms with van der Waals surface area (Å²) in [6, 6.07) is 1.78. The van der Waals surface area contributed by atoms with Crippen LogP contribution in [-0.4, -0.2) is 22.9 Å². The Morgan fingerprint density at radius 2 is 2.00 bits per heavy atom. The summed E-state index contributed by atoms with van der Waals surface area (Å²) in [5, 5.41) is 3.32. The van der Waals surface area contributed by atoms with Crippen molar-refractivity contribution in [3.05, 3.63) is 65.2 Å². The van der Waals surface area contributed by atoms with E-state index in [9.17, 15) is 13.2 Å². The molecule has 1 N–H and O–H groups in total. The Balaban J connectivity index is 1.79. The standard InChI is InChI=1S/C17H16F3N3O/c1-4-13-21-15(7-14-22-17(2,3)9-23(13)14)24-8-10-5-11(18)16(20)12(19)6-10/h5-7,22H,1,8-9H2,2-3H3. The number of nitrogens with one attached hydrogen (secondary N) is 1. The Bertz CT molecular complexity index is 784. The molecule has 4 nitrogen and oxygen atoms in total. The Morgan fingerprint density at radius 1 is 1.33 bits per heavy atom. The fraction of sp³-hybridized carbons (Fsp3) is 0.294. The third-order valence-electron chi connectivity index (χ3n) is 3.63. The van der Waals surface area contributed by atoms with Gasteiger partial charge in [0, 0.05) is 12.6 Å². The van der Waals surface area contributed by atoms with Gasteiger partial charge in [-0.05, 0) is 31.5 Å². The predicted molar refractivity (Wildman–Crippen MR) is 83.2 cm³/mol. The van der Waals surface area contributed by atoms with E-state index in [0.717, 1.165) is 18.0 Å². The Hall–Kier alpha value is -2.66. The van der Waals surface area contributed by atoms with Crippen LogP contribution >= 0.6 is 0 Å². The lowest BCUT2D eigenvalue weighted by Gasteiger charge is -2.22. The zero-order valence-corrected chi connectivity index (χ0v) is 13.3. The molecule has 0 aliphatic carbocycles. The van der Waals surface area contributed by atoms with E-state index in [1.54, 1.807) is 6.08 Å². The van der Waals surface area contributed by atoms with Crippen molar-refractivity contribution in [2.24, 2.45) is 4.99 Å². The predicted octanol–water partition coefficient (Wildman–Crippen LogP) is 3.18. The first kappa shape index (κ1) is 16.2. The van der Waals surface area contributed by atoms with E-state index in [0.29, 0.717) is 12.4 Å². The maximum Gasteiger partial charge on any atom is 0.219 e. The van der Waals surface area contributed by atoms with E-state index >= 15 is 0 Å². The molecule has 1 saturated heterocycles. The van der Waals surface area contributed by atoms with Crippen LogP contribution in [0, 0.1) is 17.5 Å². The van der Waals surface area contributed by atoms with Crippen LogP contribution in [0.4, 0.5) is 13.2 Å². The molecule has 7 heteroatoms. The number of benzene rings is 1. The maximum absolute atomic E-state index is 13.2. The van der Waals surface area contributed by atoms with Crippen LogP contribution in [0.5, 0.6) is 0 Å². The minimum Gasteiger partial charge on any atom is -0.473 e. The van der Waals surface area contributed by atoms with Gasteiger partial charge in [0.25, 0.3) is 0 Å². The summed E-state index contributed by atoms with van der Waals surface area (Å²) >= 11 is 0. The normalized spacial score (nSPS) is 18.4. The van der Waals surface area contributed by atoms with Crippen molar-refractivity contribution in [2.75, 3.05) is 6.54 Å². The van der Waals surface area contributed by atoms with Crippen molar-refractivity contribution in [2.45, 2.75) is 26.0 Å². The molecule has 2 aliphatic heterocycles. The average Bonchev–Trinajstić information content (AvgIpc) is 2.83. The molecule has 0 radical (unpaired) electrons. The van der Waals surface area contributed by atoms with Gasteiger partial charge in [-0.1, -0.05) is 12.3 Å². The summed E-state index contributed by atoms with van der Waals surface area (Å²) in [6.45, 7) is 8.24. The van der Waals surface area contributed by atoms with Crippen LogP contribution in [-0.2, 0) is 11.3 Å². The Morgan fingerprint density at radius 3 is 2.62 bits per heavy atom. The van der Waals surface area contributed by atoms with Crippen LogP contribution in [0.25, 0.3) is 0 Å². The zero-order valence-electron chi connectivity index (χ0n) is 13.3. The van der Waals surface area contributed by atoms with Crippen LogP contribution in [0.2, 0.25) is 0 Å². The van der Waals surface area contributed by atoms with Crippen molar-refractivity contribution in [1.82, 2.24) is 10.2 Å². The fourth-order valence-corrected chi connectivity index (χ4v) is 2.61. The van der Waals surface area contributed by atoms with Gasteiger partial charge in [-0.3, -0.25) is 0 Å². The molecule has 2 heterocycles. The summed E-state index contributed by atoms with van der Waals surface area (Å²) in [5.41, 5.74) is 2.76. The highest BCUT2D eigenvalue weighted by Gasteiger charge is 2.36. The Kier molecular flexibility index (Phi) is 3.89. The lowest BCUT2D eigenvalue weighted by Crippen LogP contribution is -2.34. The second kappa shape index (κ2) is 5.76. The molecule has 24 heavy (non-hydrogen) atoms. The topological polar surface area (TPSA) is 36.9 Å². The van der Waals surface area contributed by atoms with Crippen molar-refractivity contribution >= 4 is 5.90 Å². The number of rotatable bonds is 2. The highest BCUT2D eigenvalue weighted by molar-refractivity contribution is 5.90. The number of hydrogen-bond donors (Lipinski definition) is 1. The number of hydrogen-bond acceptors (Lipinski definition) is 4. The first-order valence-electron chi connectivity index (χ1n) is 7.31. The van der Waals surface area contributed by atoms with E-state index in [-0.39, 0.29) is 23.6 Å². The zero-order chi connectivity index (χ0) is 17.5. The summed E-state index contributed by atoms with van der Waals surface area (Å²) in [4.78, 5) is 6.19. The van der Waals surface area contributed by atoms with Crippen LogP contribution < -0.4 is 5.32 Å². The summed E-state index contributed by atoms with van der Waals surface area (Å²) in [6.07, 6.45) is 1.69. The number of halogens is 3.